The van der Waals surface area contributed by atoms with Crippen LogP contribution in [0.15, 0.2) is 42.5 Å². The van der Waals surface area contributed by atoms with E-state index in [1.54, 1.807) is 18.2 Å². The van der Waals surface area contributed by atoms with Gasteiger partial charge in [0.25, 0.3) is 5.91 Å². The van der Waals surface area contributed by atoms with E-state index in [-0.39, 0.29) is 11.9 Å². The van der Waals surface area contributed by atoms with Gasteiger partial charge < -0.3 is 9.88 Å². The molecule has 0 aliphatic carbocycles. The van der Waals surface area contributed by atoms with Crippen LogP contribution < -0.4 is 0 Å². The normalized spacial score (nSPS) is 17.6. The summed E-state index contributed by atoms with van der Waals surface area (Å²) >= 11 is 12.1. The van der Waals surface area contributed by atoms with Crippen molar-refractivity contribution in [1.82, 2.24) is 14.9 Å². The van der Waals surface area contributed by atoms with Crippen molar-refractivity contribution in [1.29, 1.82) is 0 Å². The van der Waals surface area contributed by atoms with Gasteiger partial charge in [-0.3, -0.25) is 4.79 Å². The summed E-state index contributed by atoms with van der Waals surface area (Å²) < 4.78 is 0. The molecule has 1 saturated heterocycles. The van der Waals surface area contributed by atoms with Crippen LogP contribution in [0.1, 0.15) is 35.1 Å². The lowest BCUT2D eigenvalue weighted by atomic mass is 10.1. The van der Waals surface area contributed by atoms with Crippen molar-refractivity contribution in [3.63, 3.8) is 0 Å². The monoisotopic (exact) mass is 359 g/mol. The molecule has 1 aliphatic rings. The lowest BCUT2D eigenvalue weighted by molar-refractivity contribution is 0.0730. The Morgan fingerprint density at radius 3 is 2.67 bits per heavy atom. The second kappa shape index (κ2) is 6.11. The maximum atomic E-state index is 12.9. The molecule has 0 saturated carbocycles. The molecule has 2 heterocycles. The van der Waals surface area contributed by atoms with E-state index in [1.165, 1.54) is 0 Å². The Labute approximate surface area is 149 Å². The number of aromatic amines is 1. The van der Waals surface area contributed by atoms with Gasteiger partial charge in [0.2, 0.25) is 0 Å². The molecule has 122 valence electrons. The molecule has 1 atom stereocenters. The predicted octanol–water partition coefficient (Wildman–Crippen LogP) is 4.85. The number of nitrogens with one attached hydrogen (secondary N) is 1. The Morgan fingerprint density at radius 1 is 1.17 bits per heavy atom. The molecule has 0 bridgehead atoms. The van der Waals surface area contributed by atoms with Crippen molar-refractivity contribution in [2.45, 2.75) is 18.9 Å². The van der Waals surface area contributed by atoms with Gasteiger partial charge in [0.15, 0.2) is 0 Å². The number of likely N-dealkylation sites (tertiary alicyclic amines) is 1. The van der Waals surface area contributed by atoms with Crippen molar-refractivity contribution in [2.24, 2.45) is 0 Å². The molecule has 2 aromatic carbocycles. The van der Waals surface area contributed by atoms with Gasteiger partial charge in [0.1, 0.15) is 5.82 Å². The van der Waals surface area contributed by atoms with E-state index in [4.69, 9.17) is 23.2 Å². The van der Waals surface area contributed by atoms with Crippen LogP contribution in [0.3, 0.4) is 0 Å². The van der Waals surface area contributed by atoms with Crippen molar-refractivity contribution in [3.8, 4) is 0 Å². The van der Waals surface area contributed by atoms with Crippen molar-refractivity contribution in [2.75, 3.05) is 6.54 Å². The van der Waals surface area contributed by atoms with Crippen LogP contribution in [0, 0.1) is 0 Å². The number of hydrogen-bond donors (Lipinski definition) is 1. The summed E-state index contributed by atoms with van der Waals surface area (Å²) in [6.45, 7) is 0.699. The number of halogens is 2. The summed E-state index contributed by atoms with van der Waals surface area (Å²) in [5.74, 6) is 0.762. The number of para-hydroxylation sites is 2. The molecule has 1 aliphatic heterocycles. The Hall–Kier alpha value is -2.04. The number of imidazole rings is 1. The Bertz CT molecular complexity index is 868. The van der Waals surface area contributed by atoms with Crippen LogP contribution in [-0.2, 0) is 0 Å². The molecule has 1 amide bonds. The summed E-state index contributed by atoms with van der Waals surface area (Å²) in [7, 11) is 0. The maximum Gasteiger partial charge on any atom is 0.254 e. The van der Waals surface area contributed by atoms with Crippen LogP contribution in [0.2, 0.25) is 10.0 Å². The fraction of sp³-hybridized carbons (Fsp3) is 0.222. The molecule has 4 nitrogen and oxygen atoms in total. The van der Waals surface area contributed by atoms with Gasteiger partial charge in [-0.2, -0.15) is 0 Å². The third-order valence-corrected chi connectivity index (χ3v) is 4.78. The predicted molar refractivity (Wildman–Crippen MR) is 95.6 cm³/mol. The zero-order valence-electron chi connectivity index (χ0n) is 12.8. The minimum absolute atomic E-state index is 0.0531. The van der Waals surface area contributed by atoms with Gasteiger partial charge >= 0.3 is 0 Å². The van der Waals surface area contributed by atoms with E-state index in [9.17, 15) is 4.79 Å². The number of H-pyrrole nitrogens is 1. The molecule has 0 spiro atoms. The Kier molecular flexibility index (Phi) is 3.94. The molecule has 1 N–H and O–H groups in total. The maximum absolute atomic E-state index is 12.9. The average Bonchev–Trinajstić information content (AvgIpc) is 3.19. The summed E-state index contributed by atoms with van der Waals surface area (Å²) in [6.07, 6.45) is 1.83. The molecule has 1 fully saturated rings. The number of amides is 1. The Morgan fingerprint density at radius 2 is 1.92 bits per heavy atom. The van der Waals surface area contributed by atoms with Crippen molar-refractivity contribution in [3.05, 3.63) is 63.9 Å². The van der Waals surface area contributed by atoms with E-state index in [2.05, 4.69) is 9.97 Å². The first-order valence-corrected chi connectivity index (χ1v) is 8.59. The summed E-state index contributed by atoms with van der Waals surface area (Å²) in [4.78, 5) is 22.8. The number of rotatable bonds is 2. The summed E-state index contributed by atoms with van der Waals surface area (Å²) in [5.41, 5.74) is 2.41. The third kappa shape index (κ3) is 2.76. The molecule has 0 radical (unpaired) electrons. The van der Waals surface area contributed by atoms with Crippen LogP contribution in [0.5, 0.6) is 0 Å². The van der Waals surface area contributed by atoms with E-state index < -0.39 is 0 Å². The molecular formula is C18H15Cl2N3O. The number of aromatic nitrogens is 2. The lowest BCUT2D eigenvalue weighted by Gasteiger charge is -2.23. The fourth-order valence-corrected chi connectivity index (χ4v) is 3.79. The largest absolute Gasteiger partial charge is 0.340 e. The van der Waals surface area contributed by atoms with E-state index in [1.807, 2.05) is 29.2 Å². The minimum atomic E-state index is -0.0673. The average molecular weight is 360 g/mol. The number of carbonyl (C=O) groups is 1. The third-order valence-electron chi connectivity index (χ3n) is 4.35. The Balaban J connectivity index is 1.68. The van der Waals surface area contributed by atoms with Crippen molar-refractivity contribution >= 4 is 40.1 Å². The van der Waals surface area contributed by atoms with Gasteiger partial charge in [0, 0.05) is 22.2 Å². The molecule has 1 aromatic heterocycles. The first kappa shape index (κ1) is 15.5. The molecule has 0 unspecified atom stereocenters. The lowest BCUT2D eigenvalue weighted by Crippen LogP contribution is -2.31. The van der Waals surface area contributed by atoms with Crippen LogP contribution in [-0.4, -0.2) is 27.3 Å². The van der Waals surface area contributed by atoms with Crippen LogP contribution in [0.4, 0.5) is 0 Å². The minimum Gasteiger partial charge on any atom is -0.340 e. The van der Waals surface area contributed by atoms with E-state index >= 15 is 0 Å². The van der Waals surface area contributed by atoms with Crippen LogP contribution in [0.25, 0.3) is 11.0 Å². The molecule has 3 aromatic rings. The van der Waals surface area contributed by atoms with Crippen LogP contribution >= 0.6 is 23.2 Å². The highest BCUT2D eigenvalue weighted by Crippen LogP contribution is 2.33. The number of hydrogen-bond acceptors (Lipinski definition) is 2. The second-order valence-electron chi connectivity index (χ2n) is 5.95. The quantitative estimate of drug-likeness (QED) is 0.710. The molecule has 6 heteroatoms. The number of nitrogens with zero attached hydrogens (tertiary/aromatic N) is 2. The SMILES string of the molecule is O=C(c1cc(Cl)cc(Cl)c1)N1CCC[C@H]1c1nc2ccccc2[nH]1. The second-order valence-corrected chi connectivity index (χ2v) is 6.83. The number of benzene rings is 2. The fourth-order valence-electron chi connectivity index (χ4n) is 3.27. The van der Waals surface area contributed by atoms with E-state index in [0.29, 0.717) is 22.2 Å². The van der Waals surface area contributed by atoms with Gasteiger partial charge in [-0.25, -0.2) is 4.98 Å². The zero-order chi connectivity index (χ0) is 16.7. The van der Waals surface area contributed by atoms with Crippen molar-refractivity contribution < 1.29 is 4.79 Å². The standard InChI is InChI=1S/C18H15Cl2N3O/c19-12-8-11(9-13(20)10-12)18(24)23-7-3-6-16(23)17-21-14-4-1-2-5-15(14)22-17/h1-2,4-5,8-10,16H,3,6-7H2,(H,21,22)/t16-/m0/s1. The van der Waals surface area contributed by atoms with Gasteiger partial charge in [0.05, 0.1) is 17.1 Å². The highest BCUT2D eigenvalue weighted by Gasteiger charge is 2.32. The first-order valence-electron chi connectivity index (χ1n) is 7.83. The smallest absolute Gasteiger partial charge is 0.254 e. The first-order chi connectivity index (χ1) is 11.6. The molecule has 4 rings (SSSR count). The summed E-state index contributed by atoms with van der Waals surface area (Å²) in [5, 5.41) is 0.927. The number of carbonyl (C=O) groups excluding carboxylic acids is 1. The highest BCUT2D eigenvalue weighted by molar-refractivity contribution is 6.35. The summed E-state index contributed by atoms with van der Waals surface area (Å²) in [6, 6.07) is 12.8. The van der Waals surface area contributed by atoms with Gasteiger partial charge in [-0.1, -0.05) is 35.3 Å². The zero-order valence-corrected chi connectivity index (χ0v) is 14.3. The topological polar surface area (TPSA) is 49.0 Å². The highest BCUT2D eigenvalue weighted by atomic mass is 35.5. The molecule has 24 heavy (non-hydrogen) atoms. The van der Waals surface area contributed by atoms with Gasteiger partial charge in [-0.15, -0.1) is 0 Å². The van der Waals surface area contributed by atoms with E-state index in [0.717, 1.165) is 29.7 Å². The molecular weight excluding hydrogens is 345 g/mol. The van der Waals surface area contributed by atoms with Gasteiger partial charge in [-0.05, 0) is 43.2 Å². The number of fused-ring (bicyclic) bond motifs is 1.